The van der Waals surface area contributed by atoms with E-state index < -0.39 is 0 Å². The lowest BCUT2D eigenvalue weighted by atomic mass is 10.2. The number of phenolic OH excluding ortho intramolecular Hbond substituents is 1. The van der Waals surface area contributed by atoms with E-state index in [4.69, 9.17) is 17.0 Å². The van der Waals surface area contributed by atoms with Crippen LogP contribution in [-0.2, 0) is 6.54 Å². The molecule has 0 atom stereocenters. The molecule has 0 unspecified atom stereocenters. The Bertz CT molecular complexity index is 639. The maximum absolute atomic E-state index is 9.18. The number of methoxy groups -OCH3 is 1. The fourth-order valence-electron chi connectivity index (χ4n) is 1.69. The van der Waals surface area contributed by atoms with Gasteiger partial charge in [-0.1, -0.05) is 12.1 Å². The van der Waals surface area contributed by atoms with Gasteiger partial charge in [0.1, 0.15) is 11.5 Å². The number of hydrazone groups is 1. The van der Waals surface area contributed by atoms with Gasteiger partial charge in [-0.3, -0.25) is 5.43 Å². The normalized spacial score (nSPS) is 10.4. The topological polar surface area (TPSA) is 65.9 Å². The van der Waals surface area contributed by atoms with Crippen LogP contribution >= 0.6 is 12.2 Å². The predicted molar refractivity (Wildman–Crippen MR) is 91.3 cm³/mol. The summed E-state index contributed by atoms with van der Waals surface area (Å²) in [5, 5.41) is 16.7. The van der Waals surface area contributed by atoms with E-state index in [0.29, 0.717) is 11.7 Å². The molecule has 0 aliphatic carbocycles. The van der Waals surface area contributed by atoms with Crippen molar-refractivity contribution in [2.75, 3.05) is 7.11 Å². The number of aromatic hydroxyl groups is 1. The summed E-state index contributed by atoms with van der Waals surface area (Å²) < 4.78 is 5.10. The zero-order valence-electron chi connectivity index (χ0n) is 12.1. The van der Waals surface area contributed by atoms with E-state index in [2.05, 4.69) is 15.8 Å². The number of hydrogen-bond donors (Lipinski definition) is 3. The van der Waals surface area contributed by atoms with E-state index in [1.165, 1.54) is 0 Å². The summed E-state index contributed by atoms with van der Waals surface area (Å²) in [4.78, 5) is 0. The Morgan fingerprint density at radius 3 is 2.50 bits per heavy atom. The Labute approximate surface area is 134 Å². The molecule has 3 N–H and O–H groups in total. The van der Waals surface area contributed by atoms with E-state index in [-0.39, 0.29) is 5.75 Å². The Hall–Kier alpha value is -2.60. The third-order valence-electron chi connectivity index (χ3n) is 2.88. The monoisotopic (exact) mass is 315 g/mol. The standard InChI is InChI=1S/C16H17N3O2S/c1-21-15-8-4-12(5-9-15)10-17-16(22)19-18-11-13-2-6-14(20)7-3-13/h2-9,11,20H,10H2,1H3,(H2,17,19,22)/b18-11+. The van der Waals surface area contributed by atoms with E-state index in [0.717, 1.165) is 16.9 Å². The van der Waals surface area contributed by atoms with Crippen molar-refractivity contribution in [2.45, 2.75) is 6.54 Å². The Morgan fingerprint density at radius 1 is 1.18 bits per heavy atom. The van der Waals surface area contributed by atoms with Crippen LogP contribution in [0.15, 0.2) is 53.6 Å². The van der Waals surface area contributed by atoms with Crippen LogP contribution in [0.1, 0.15) is 11.1 Å². The quantitative estimate of drug-likeness (QED) is 0.449. The second kappa shape index (κ2) is 7.99. The minimum absolute atomic E-state index is 0.224. The van der Waals surface area contributed by atoms with E-state index >= 15 is 0 Å². The minimum atomic E-state index is 0.224. The lowest BCUT2D eigenvalue weighted by Crippen LogP contribution is -2.31. The molecule has 0 heterocycles. The van der Waals surface area contributed by atoms with Gasteiger partial charge in [-0.05, 0) is 59.7 Å². The van der Waals surface area contributed by atoms with Crippen molar-refractivity contribution in [1.29, 1.82) is 0 Å². The molecule has 2 aromatic carbocycles. The fraction of sp³-hybridized carbons (Fsp3) is 0.125. The van der Waals surface area contributed by atoms with Crippen molar-refractivity contribution in [1.82, 2.24) is 10.7 Å². The van der Waals surface area contributed by atoms with Gasteiger partial charge in [0.25, 0.3) is 0 Å². The van der Waals surface area contributed by atoms with Gasteiger partial charge in [0.15, 0.2) is 5.11 Å². The van der Waals surface area contributed by atoms with Crippen LogP contribution in [0.25, 0.3) is 0 Å². The molecule has 6 heteroatoms. The van der Waals surface area contributed by atoms with Crippen LogP contribution in [0, 0.1) is 0 Å². The summed E-state index contributed by atoms with van der Waals surface area (Å²) in [6, 6.07) is 14.4. The number of ether oxygens (including phenoxy) is 1. The van der Waals surface area contributed by atoms with E-state index in [9.17, 15) is 5.11 Å². The van der Waals surface area contributed by atoms with Crippen molar-refractivity contribution in [3.63, 3.8) is 0 Å². The highest BCUT2D eigenvalue weighted by Gasteiger charge is 1.96. The SMILES string of the molecule is COc1ccc(CNC(=S)N/N=C/c2ccc(O)cc2)cc1. The highest BCUT2D eigenvalue weighted by Crippen LogP contribution is 2.10. The lowest BCUT2D eigenvalue weighted by Gasteiger charge is -2.07. The molecule has 5 nitrogen and oxygen atoms in total. The maximum atomic E-state index is 9.18. The van der Waals surface area contributed by atoms with Crippen molar-refractivity contribution < 1.29 is 9.84 Å². The molecule has 0 aromatic heterocycles. The molecular formula is C16H17N3O2S. The van der Waals surface area contributed by atoms with Crippen LogP contribution in [0.3, 0.4) is 0 Å². The van der Waals surface area contributed by atoms with Crippen molar-refractivity contribution in [2.24, 2.45) is 5.10 Å². The van der Waals surface area contributed by atoms with Crippen LogP contribution < -0.4 is 15.5 Å². The van der Waals surface area contributed by atoms with Crippen molar-refractivity contribution in [3.05, 3.63) is 59.7 Å². The third kappa shape index (κ3) is 5.06. The van der Waals surface area contributed by atoms with Crippen LogP contribution in [0.5, 0.6) is 11.5 Å². The molecule has 0 bridgehead atoms. The smallest absolute Gasteiger partial charge is 0.187 e. The molecule has 0 spiro atoms. The Kier molecular flexibility index (Phi) is 5.73. The Morgan fingerprint density at radius 2 is 1.86 bits per heavy atom. The summed E-state index contributed by atoms with van der Waals surface area (Å²) >= 11 is 5.14. The summed E-state index contributed by atoms with van der Waals surface area (Å²) in [5.74, 6) is 1.05. The molecule has 2 aromatic rings. The number of rotatable bonds is 5. The molecule has 0 radical (unpaired) electrons. The van der Waals surface area contributed by atoms with Gasteiger partial charge in [0.2, 0.25) is 0 Å². The summed E-state index contributed by atoms with van der Waals surface area (Å²) in [7, 11) is 1.64. The Balaban J connectivity index is 1.76. The molecule has 0 saturated heterocycles. The lowest BCUT2D eigenvalue weighted by molar-refractivity contribution is 0.414. The van der Waals surface area contributed by atoms with Gasteiger partial charge in [-0.25, -0.2) is 0 Å². The van der Waals surface area contributed by atoms with Crippen LogP contribution in [0.4, 0.5) is 0 Å². The molecule has 0 aliphatic rings. The van der Waals surface area contributed by atoms with Crippen LogP contribution in [0.2, 0.25) is 0 Å². The molecular weight excluding hydrogens is 298 g/mol. The van der Waals surface area contributed by atoms with E-state index in [1.54, 1.807) is 37.6 Å². The number of nitrogens with one attached hydrogen (secondary N) is 2. The molecule has 0 aliphatic heterocycles. The van der Waals surface area contributed by atoms with Gasteiger partial charge < -0.3 is 15.2 Å². The summed E-state index contributed by atoms with van der Waals surface area (Å²) in [6.45, 7) is 0.602. The average molecular weight is 315 g/mol. The molecule has 22 heavy (non-hydrogen) atoms. The zero-order valence-corrected chi connectivity index (χ0v) is 12.9. The zero-order chi connectivity index (χ0) is 15.8. The summed E-state index contributed by atoms with van der Waals surface area (Å²) in [5.41, 5.74) is 4.70. The molecule has 114 valence electrons. The van der Waals surface area contributed by atoms with Gasteiger partial charge in [-0.15, -0.1) is 0 Å². The minimum Gasteiger partial charge on any atom is -0.508 e. The third-order valence-corrected chi connectivity index (χ3v) is 3.12. The first-order valence-electron chi connectivity index (χ1n) is 6.66. The van der Waals surface area contributed by atoms with Crippen LogP contribution in [-0.4, -0.2) is 23.5 Å². The number of nitrogens with zero attached hydrogens (tertiary/aromatic N) is 1. The predicted octanol–water partition coefficient (Wildman–Crippen LogP) is 2.40. The first-order valence-corrected chi connectivity index (χ1v) is 7.07. The fourth-order valence-corrected chi connectivity index (χ4v) is 1.82. The van der Waals surface area contributed by atoms with Crippen molar-refractivity contribution in [3.8, 4) is 11.5 Å². The second-order valence-corrected chi connectivity index (χ2v) is 4.90. The first kappa shape index (κ1) is 15.8. The summed E-state index contributed by atoms with van der Waals surface area (Å²) in [6.07, 6.45) is 1.63. The van der Waals surface area contributed by atoms with Gasteiger partial charge in [0, 0.05) is 6.54 Å². The first-order chi connectivity index (χ1) is 10.7. The molecule has 0 saturated carbocycles. The number of hydrogen-bond acceptors (Lipinski definition) is 4. The molecule has 0 fully saturated rings. The highest BCUT2D eigenvalue weighted by molar-refractivity contribution is 7.80. The largest absolute Gasteiger partial charge is 0.508 e. The highest BCUT2D eigenvalue weighted by atomic mass is 32.1. The number of benzene rings is 2. The van der Waals surface area contributed by atoms with E-state index in [1.807, 2.05) is 24.3 Å². The van der Waals surface area contributed by atoms with Gasteiger partial charge in [-0.2, -0.15) is 5.10 Å². The maximum Gasteiger partial charge on any atom is 0.187 e. The number of thiocarbonyl (C=S) groups is 1. The molecule has 2 rings (SSSR count). The van der Waals surface area contributed by atoms with Gasteiger partial charge in [0.05, 0.1) is 13.3 Å². The van der Waals surface area contributed by atoms with Gasteiger partial charge >= 0.3 is 0 Å². The average Bonchev–Trinajstić information content (AvgIpc) is 2.55. The second-order valence-electron chi connectivity index (χ2n) is 4.49. The molecule has 0 amide bonds. The van der Waals surface area contributed by atoms with Crippen molar-refractivity contribution >= 4 is 23.5 Å². The number of phenols is 1.